The van der Waals surface area contributed by atoms with Crippen LogP contribution in [0.2, 0.25) is 0 Å². The molecule has 4 fully saturated rings. The molecule has 2 bridgehead atoms. The molecule has 1 N–H and O–H groups in total. The van der Waals surface area contributed by atoms with Crippen molar-refractivity contribution in [2.75, 3.05) is 0 Å². The summed E-state index contributed by atoms with van der Waals surface area (Å²) in [5.74, 6) is -10.9. The number of halogens is 2. The van der Waals surface area contributed by atoms with Crippen LogP contribution in [0, 0.1) is 23.7 Å². The second-order valence-electron chi connectivity index (χ2n) is 9.87. The maximum atomic E-state index is 14.8. The first-order chi connectivity index (χ1) is 14.9. The van der Waals surface area contributed by atoms with Crippen LogP contribution in [0.3, 0.4) is 0 Å². The zero-order valence-electron chi connectivity index (χ0n) is 18.4. The minimum absolute atomic E-state index is 0.187. The number of aliphatic carboxylic acids is 1. The van der Waals surface area contributed by atoms with E-state index in [1.54, 1.807) is 4.90 Å². The van der Waals surface area contributed by atoms with E-state index >= 15 is 0 Å². The number of alkyl halides is 2. The van der Waals surface area contributed by atoms with Crippen molar-refractivity contribution in [2.45, 2.75) is 89.0 Å². The van der Waals surface area contributed by atoms with Gasteiger partial charge in [-0.1, -0.05) is 6.42 Å². The number of esters is 2. The number of likely N-dealkylation sites (tertiary alicyclic amines) is 1. The van der Waals surface area contributed by atoms with Gasteiger partial charge in [0.25, 0.3) is 0 Å². The first-order valence-corrected chi connectivity index (χ1v) is 11.3. The Labute approximate surface area is 184 Å². The molecule has 8 nitrogen and oxygen atoms in total. The van der Waals surface area contributed by atoms with E-state index in [4.69, 9.17) is 14.6 Å². The molecule has 4 rings (SSSR count). The molecule has 6 unspecified atom stereocenters. The highest BCUT2D eigenvalue weighted by Gasteiger charge is 2.72. The molecule has 10 heteroatoms. The smallest absolute Gasteiger partial charge is 0.381 e. The van der Waals surface area contributed by atoms with Gasteiger partial charge in [-0.25, -0.2) is 4.79 Å². The monoisotopic (exact) mass is 457 g/mol. The third-order valence-corrected chi connectivity index (χ3v) is 7.84. The fourth-order valence-electron chi connectivity index (χ4n) is 6.68. The lowest BCUT2D eigenvalue weighted by Gasteiger charge is -2.42. The molecule has 0 aromatic rings. The molecule has 0 aromatic carbocycles. The van der Waals surface area contributed by atoms with Gasteiger partial charge in [0.1, 0.15) is 6.10 Å². The zero-order chi connectivity index (χ0) is 23.6. The second kappa shape index (κ2) is 7.66. The number of ether oxygens (including phenoxy) is 2. The van der Waals surface area contributed by atoms with Gasteiger partial charge in [0.2, 0.25) is 5.91 Å². The molecule has 1 heterocycles. The Hall–Kier alpha value is -2.26. The summed E-state index contributed by atoms with van der Waals surface area (Å²) in [6.07, 6.45) is 0.483. The molecule has 3 saturated carbocycles. The lowest BCUT2D eigenvalue weighted by atomic mass is 9.77. The Kier molecular flexibility index (Phi) is 5.48. The summed E-state index contributed by atoms with van der Waals surface area (Å²) in [6.45, 7) is 4.91. The van der Waals surface area contributed by atoms with Crippen LogP contribution in [-0.4, -0.2) is 63.5 Å². The zero-order valence-corrected chi connectivity index (χ0v) is 18.4. The largest absolute Gasteiger partial charge is 0.477 e. The predicted molar refractivity (Wildman–Crippen MR) is 104 cm³/mol. The van der Waals surface area contributed by atoms with Crippen molar-refractivity contribution in [1.29, 1.82) is 0 Å². The van der Waals surface area contributed by atoms with Gasteiger partial charge < -0.3 is 19.5 Å². The molecule has 178 valence electrons. The maximum absolute atomic E-state index is 14.8. The summed E-state index contributed by atoms with van der Waals surface area (Å²) < 4.78 is 40.5. The molecule has 1 saturated heterocycles. The quantitative estimate of drug-likeness (QED) is 0.610. The van der Waals surface area contributed by atoms with Crippen molar-refractivity contribution in [3.8, 4) is 0 Å². The lowest BCUT2D eigenvalue weighted by molar-refractivity contribution is -0.234. The van der Waals surface area contributed by atoms with Gasteiger partial charge in [-0.3, -0.25) is 14.4 Å². The SMILES string of the molecule is CC(=O)OC1C2CC3C(C(=O)N(C(C)C)C31)C2C(=O)OC1(C(F)(F)C(=O)O)CCCCC1. The van der Waals surface area contributed by atoms with Crippen LogP contribution in [0.25, 0.3) is 0 Å². The third kappa shape index (κ3) is 3.12. The number of carbonyl (C=O) groups is 4. The second-order valence-corrected chi connectivity index (χ2v) is 9.87. The van der Waals surface area contributed by atoms with Gasteiger partial charge in [-0.2, -0.15) is 8.78 Å². The molecular formula is C22H29F2NO7. The van der Waals surface area contributed by atoms with Crippen LogP contribution in [0.1, 0.15) is 59.3 Å². The van der Waals surface area contributed by atoms with Crippen molar-refractivity contribution in [2.24, 2.45) is 23.7 Å². The van der Waals surface area contributed by atoms with Gasteiger partial charge >= 0.3 is 23.8 Å². The van der Waals surface area contributed by atoms with E-state index in [-0.39, 0.29) is 36.8 Å². The van der Waals surface area contributed by atoms with Crippen LogP contribution in [-0.2, 0) is 28.7 Å². The van der Waals surface area contributed by atoms with E-state index in [0.717, 1.165) is 0 Å². The van der Waals surface area contributed by atoms with E-state index < -0.39 is 53.3 Å². The van der Waals surface area contributed by atoms with E-state index in [1.165, 1.54) is 6.92 Å². The summed E-state index contributed by atoms with van der Waals surface area (Å²) in [4.78, 5) is 51.3. The molecule has 0 radical (unpaired) electrons. The van der Waals surface area contributed by atoms with Crippen LogP contribution in [0.15, 0.2) is 0 Å². The van der Waals surface area contributed by atoms with Gasteiger partial charge in [-0.05, 0) is 51.9 Å². The molecule has 6 atom stereocenters. The highest BCUT2D eigenvalue weighted by Crippen LogP contribution is 2.61. The van der Waals surface area contributed by atoms with Gasteiger partial charge in [0.05, 0.1) is 17.9 Å². The molecule has 1 aliphatic heterocycles. The van der Waals surface area contributed by atoms with Crippen molar-refractivity contribution in [1.82, 2.24) is 4.90 Å². The Morgan fingerprint density at radius 2 is 1.78 bits per heavy atom. The fourth-order valence-corrected chi connectivity index (χ4v) is 6.68. The summed E-state index contributed by atoms with van der Waals surface area (Å²) in [7, 11) is 0. The lowest BCUT2D eigenvalue weighted by Crippen LogP contribution is -2.58. The standard InChI is InChI=1S/C22H29F2NO7/c1-10(2)25-16-12-9-13(17(16)31-11(3)26)15(14(12)18(25)27)19(28)32-21(7-5-4-6-8-21)22(23,24)20(29)30/h10,12-17H,4-9H2,1-3H3,(H,29,30). The Bertz CT molecular complexity index is 838. The number of carboxylic acids is 1. The topological polar surface area (TPSA) is 110 Å². The van der Waals surface area contributed by atoms with Crippen LogP contribution in [0.4, 0.5) is 8.78 Å². The van der Waals surface area contributed by atoms with Gasteiger partial charge in [0, 0.05) is 18.9 Å². The third-order valence-electron chi connectivity index (χ3n) is 7.84. The number of amides is 1. The van der Waals surface area contributed by atoms with Crippen LogP contribution < -0.4 is 0 Å². The molecule has 4 aliphatic rings. The number of nitrogens with zero attached hydrogens (tertiary/aromatic N) is 1. The summed E-state index contributed by atoms with van der Waals surface area (Å²) in [5.41, 5.74) is -2.44. The van der Waals surface area contributed by atoms with Crippen LogP contribution >= 0.6 is 0 Å². The Morgan fingerprint density at radius 1 is 1.16 bits per heavy atom. The van der Waals surface area contributed by atoms with Crippen molar-refractivity contribution >= 4 is 23.8 Å². The number of hydrogen-bond acceptors (Lipinski definition) is 6. The molecule has 32 heavy (non-hydrogen) atoms. The first-order valence-electron chi connectivity index (χ1n) is 11.3. The average Bonchev–Trinajstić information content (AvgIpc) is 3.30. The number of fused-ring (bicyclic) bond motifs is 1. The Morgan fingerprint density at radius 3 is 2.31 bits per heavy atom. The predicted octanol–water partition coefficient (Wildman–Crippen LogP) is 2.39. The number of rotatable bonds is 6. The molecular weight excluding hydrogens is 428 g/mol. The van der Waals surface area contributed by atoms with Crippen molar-refractivity contribution in [3.05, 3.63) is 0 Å². The van der Waals surface area contributed by atoms with E-state index in [1.807, 2.05) is 13.8 Å². The minimum Gasteiger partial charge on any atom is -0.477 e. The fraction of sp³-hybridized carbons (Fsp3) is 0.818. The number of carboxylic acid groups (broad SMARTS) is 1. The molecule has 0 spiro atoms. The number of carbonyl (C=O) groups excluding carboxylic acids is 3. The van der Waals surface area contributed by atoms with Gasteiger partial charge in [0.15, 0.2) is 5.60 Å². The van der Waals surface area contributed by atoms with Gasteiger partial charge in [-0.15, -0.1) is 0 Å². The van der Waals surface area contributed by atoms with E-state index in [0.29, 0.717) is 25.7 Å². The van der Waals surface area contributed by atoms with Crippen molar-refractivity contribution in [3.63, 3.8) is 0 Å². The highest BCUT2D eigenvalue weighted by atomic mass is 19.3. The van der Waals surface area contributed by atoms with E-state index in [2.05, 4.69) is 0 Å². The molecule has 3 aliphatic carbocycles. The average molecular weight is 457 g/mol. The van der Waals surface area contributed by atoms with Crippen molar-refractivity contribution < 1.29 is 42.5 Å². The summed E-state index contributed by atoms with van der Waals surface area (Å²) >= 11 is 0. The minimum atomic E-state index is -4.25. The first kappa shape index (κ1) is 22.9. The Balaban J connectivity index is 1.67. The molecule has 1 amide bonds. The highest BCUT2D eigenvalue weighted by molar-refractivity contribution is 5.91. The summed E-state index contributed by atoms with van der Waals surface area (Å²) in [5, 5.41) is 9.17. The summed E-state index contributed by atoms with van der Waals surface area (Å²) in [6, 6.07) is -0.540. The van der Waals surface area contributed by atoms with E-state index in [9.17, 15) is 28.0 Å². The number of hydrogen-bond donors (Lipinski definition) is 1. The van der Waals surface area contributed by atoms with Crippen LogP contribution in [0.5, 0.6) is 0 Å². The maximum Gasteiger partial charge on any atom is 0.381 e. The normalized spacial score (nSPS) is 35.3. The molecule has 0 aromatic heterocycles.